The van der Waals surface area contributed by atoms with Crippen molar-refractivity contribution in [3.8, 4) is 0 Å². The largest absolute Gasteiger partial charge is 0.324 e. The van der Waals surface area contributed by atoms with Crippen LogP contribution in [0.15, 0.2) is 24.3 Å². The molecule has 110 valence electrons. The molecule has 1 aromatic rings. The average molecular weight is 271 g/mol. The summed E-state index contributed by atoms with van der Waals surface area (Å²) < 4.78 is 0. The van der Waals surface area contributed by atoms with E-state index in [2.05, 4.69) is 31.2 Å². The maximum Gasteiger partial charge on any atom is 0.0323 e. The first-order chi connectivity index (χ1) is 9.78. The lowest BCUT2D eigenvalue weighted by Crippen LogP contribution is -2.27. The molecule has 2 N–H and O–H groups in total. The van der Waals surface area contributed by atoms with E-state index in [1.54, 1.807) is 0 Å². The van der Waals surface area contributed by atoms with Crippen LogP contribution < -0.4 is 5.73 Å². The lowest BCUT2D eigenvalue weighted by molar-refractivity contribution is 0.230. The monoisotopic (exact) mass is 271 g/mol. The molecule has 2 aliphatic carbocycles. The van der Waals surface area contributed by atoms with Crippen molar-refractivity contribution in [2.45, 2.75) is 70.3 Å². The maximum atomic E-state index is 6.62. The third-order valence-corrected chi connectivity index (χ3v) is 5.78. The Kier molecular flexibility index (Phi) is 4.45. The number of benzene rings is 1. The van der Waals surface area contributed by atoms with Gasteiger partial charge in [-0.05, 0) is 54.6 Å². The Balaban J connectivity index is 1.70. The first-order valence-electron chi connectivity index (χ1n) is 8.63. The molecule has 1 nitrogen and oxygen atoms in total. The Morgan fingerprint density at radius 3 is 2.65 bits per heavy atom. The van der Waals surface area contributed by atoms with E-state index in [1.807, 2.05) is 0 Å². The summed E-state index contributed by atoms with van der Waals surface area (Å²) >= 11 is 0. The predicted octanol–water partition coefficient (Wildman–Crippen LogP) is 5.17. The van der Waals surface area contributed by atoms with Crippen molar-refractivity contribution in [3.63, 3.8) is 0 Å². The van der Waals surface area contributed by atoms with Crippen LogP contribution in [-0.4, -0.2) is 0 Å². The Morgan fingerprint density at radius 1 is 1.15 bits per heavy atom. The van der Waals surface area contributed by atoms with Crippen molar-refractivity contribution in [2.24, 2.45) is 17.6 Å². The normalized spacial score (nSPS) is 28.9. The molecule has 0 amide bonds. The summed E-state index contributed by atoms with van der Waals surface area (Å²) in [6, 6.07) is 9.44. The summed E-state index contributed by atoms with van der Waals surface area (Å²) in [6.45, 7) is 2.33. The van der Waals surface area contributed by atoms with Gasteiger partial charge in [0.1, 0.15) is 0 Å². The van der Waals surface area contributed by atoms with Gasteiger partial charge in [-0.1, -0.05) is 56.9 Å². The van der Waals surface area contributed by atoms with Gasteiger partial charge in [0.25, 0.3) is 0 Å². The molecule has 20 heavy (non-hydrogen) atoms. The summed E-state index contributed by atoms with van der Waals surface area (Å²) in [7, 11) is 0. The van der Waals surface area contributed by atoms with Crippen molar-refractivity contribution in [1.82, 2.24) is 0 Å². The number of hydrogen-bond acceptors (Lipinski definition) is 1. The van der Waals surface area contributed by atoms with E-state index in [1.165, 1.54) is 62.5 Å². The molecule has 0 aliphatic heterocycles. The van der Waals surface area contributed by atoms with Gasteiger partial charge in [-0.2, -0.15) is 0 Å². The van der Waals surface area contributed by atoms with Gasteiger partial charge in [-0.25, -0.2) is 0 Å². The van der Waals surface area contributed by atoms with Crippen LogP contribution in [0.5, 0.6) is 0 Å². The Hall–Kier alpha value is -0.820. The molecule has 2 fully saturated rings. The second-order valence-electron chi connectivity index (χ2n) is 7.02. The highest BCUT2D eigenvalue weighted by Crippen LogP contribution is 2.40. The first kappa shape index (κ1) is 14.1. The summed E-state index contributed by atoms with van der Waals surface area (Å²) in [4.78, 5) is 0. The lowest BCUT2D eigenvalue weighted by atomic mass is 9.74. The Labute approximate surface area is 124 Å². The standard InChI is InChI=1S/C19H29N/c1-2-14-6-3-10-17(12-14)19(20)18-11-5-9-16(13-18)15-7-4-8-15/h5,9,11,13-15,17,19H,2-4,6-8,10,12,20H2,1H3. The van der Waals surface area contributed by atoms with Crippen LogP contribution in [-0.2, 0) is 0 Å². The van der Waals surface area contributed by atoms with Crippen LogP contribution in [0.25, 0.3) is 0 Å². The molecule has 1 aromatic carbocycles. The molecule has 0 bridgehead atoms. The SMILES string of the molecule is CCC1CCCC(C(N)c2cccc(C3CCC3)c2)C1. The van der Waals surface area contributed by atoms with E-state index < -0.39 is 0 Å². The van der Waals surface area contributed by atoms with Gasteiger partial charge >= 0.3 is 0 Å². The molecule has 3 atom stereocenters. The van der Waals surface area contributed by atoms with E-state index in [0.29, 0.717) is 5.92 Å². The van der Waals surface area contributed by atoms with Gasteiger partial charge in [0, 0.05) is 6.04 Å². The topological polar surface area (TPSA) is 26.0 Å². The van der Waals surface area contributed by atoms with Gasteiger partial charge in [-0.3, -0.25) is 0 Å². The first-order valence-corrected chi connectivity index (χ1v) is 8.63. The Morgan fingerprint density at radius 2 is 1.95 bits per heavy atom. The third kappa shape index (κ3) is 2.93. The van der Waals surface area contributed by atoms with Gasteiger partial charge in [0.15, 0.2) is 0 Å². The summed E-state index contributed by atoms with van der Waals surface area (Å²) in [6.07, 6.45) is 10.9. The lowest BCUT2D eigenvalue weighted by Gasteiger charge is -2.33. The van der Waals surface area contributed by atoms with Crippen molar-refractivity contribution in [1.29, 1.82) is 0 Å². The molecule has 3 unspecified atom stereocenters. The molecular formula is C19H29N. The van der Waals surface area contributed by atoms with Gasteiger partial charge in [0.2, 0.25) is 0 Å². The number of rotatable bonds is 4. The van der Waals surface area contributed by atoms with Gasteiger partial charge in [-0.15, -0.1) is 0 Å². The van der Waals surface area contributed by atoms with Crippen molar-refractivity contribution >= 4 is 0 Å². The fourth-order valence-electron chi connectivity index (χ4n) is 4.06. The van der Waals surface area contributed by atoms with Gasteiger partial charge in [0.05, 0.1) is 0 Å². The smallest absolute Gasteiger partial charge is 0.0323 e. The van der Waals surface area contributed by atoms with Crippen LogP contribution in [0.3, 0.4) is 0 Å². The van der Waals surface area contributed by atoms with E-state index in [0.717, 1.165) is 11.8 Å². The minimum absolute atomic E-state index is 0.254. The fourth-order valence-corrected chi connectivity index (χ4v) is 4.06. The van der Waals surface area contributed by atoms with E-state index in [-0.39, 0.29) is 6.04 Å². The van der Waals surface area contributed by atoms with Crippen LogP contribution in [0.1, 0.15) is 81.4 Å². The highest BCUT2D eigenvalue weighted by molar-refractivity contribution is 5.30. The Bertz CT molecular complexity index is 435. The second-order valence-corrected chi connectivity index (χ2v) is 7.02. The predicted molar refractivity (Wildman–Crippen MR) is 85.7 cm³/mol. The zero-order valence-corrected chi connectivity index (χ0v) is 12.9. The van der Waals surface area contributed by atoms with Crippen molar-refractivity contribution in [2.75, 3.05) is 0 Å². The summed E-state index contributed by atoms with van der Waals surface area (Å²) in [5, 5.41) is 0. The zero-order chi connectivity index (χ0) is 13.9. The van der Waals surface area contributed by atoms with Crippen LogP contribution >= 0.6 is 0 Å². The highest BCUT2D eigenvalue weighted by atomic mass is 14.7. The summed E-state index contributed by atoms with van der Waals surface area (Å²) in [5.74, 6) is 2.43. The highest BCUT2D eigenvalue weighted by Gasteiger charge is 2.27. The fraction of sp³-hybridized carbons (Fsp3) is 0.684. The second kappa shape index (κ2) is 6.30. The average Bonchev–Trinajstić information content (AvgIpc) is 2.45. The van der Waals surface area contributed by atoms with E-state index >= 15 is 0 Å². The molecule has 0 heterocycles. The van der Waals surface area contributed by atoms with E-state index in [9.17, 15) is 0 Å². The van der Waals surface area contributed by atoms with Crippen molar-refractivity contribution < 1.29 is 0 Å². The number of hydrogen-bond donors (Lipinski definition) is 1. The molecule has 2 aliphatic rings. The molecule has 1 heteroatoms. The molecular weight excluding hydrogens is 242 g/mol. The maximum absolute atomic E-state index is 6.62. The minimum Gasteiger partial charge on any atom is -0.324 e. The van der Waals surface area contributed by atoms with Crippen LogP contribution in [0.2, 0.25) is 0 Å². The molecule has 0 radical (unpaired) electrons. The zero-order valence-electron chi connectivity index (χ0n) is 12.9. The van der Waals surface area contributed by atoms with Crippen LogP contribution in [0.4, 0.5) is 0 Å². The van der Waals surface area contributed by atoms with Gasteiger partial charge < -0.3 is 5.73 Å². The molecule has 2 saturated carbocycles. The van der Waals surface area contributed by atoms with Crippen molar-refractivity contribution in [3.05, 3.63) is 35.4 Å². The molecule has 0 spiro atoms. The third-order valence-electron chi connectivity index (χ3n) is 5.78. The molecule has 3 rings (SSSR count). The molecule has 0 saturated heterocycles. The van der Waals surface area contributed by atoms with Crippen LogP contribution in [0, 0.1) is 11.8 Å². The molecule has 0 aromatic heterocycles. The van der Waals surface area contributed by atoms with E-state index in [4.69, 9.17) is 5.73 Å². The quantitative estimate of drug-likeness (QED) is 0.803. The minimum atomic E-state index is 0.254. The summed E-state index contributed by atoms with van der Waals surface area (Å²) in [5.41, 5.74) is 9.53. The number of nitrogens with two attached hydrogens (primary N) is 1.